The monoisotopic (exact) mass is 401 g/mol. The Kier molecular flexibility index (Phi) is 4.61. The van der Waals surface area contributed by atoms with Gasteiger partial charge in [-0.15, -0.1) is 0 Å². The second-order valence-electron chi connectivity index (χ2n) is 4.51. The lowest BCUT2D eigenvalue weighted by molar-refractivity contribution is -0.136. The van der Waals surface area contributed by atoms with Gasteiger partial charge in [-0.3, -0.25) is 14.4 Å². The number of aromatic amines is 1. The van der Waals surface area contributed by atoms with Gasteiger partial charge in [0.25, 0.3) is 5.56 Å². The van der Waals surface area contributed by atoms with Gasteiger partial charge in [0.05, 0.1) is 11.9 Å². The molecule has 0 saturated carbocycles. The number of nitrogens with one attached hydrogen (secondary N) is 1. The van der Waals surface area contributed by atoms with Crippen molar-refractivity contribution < 1.29 is 19.8 Å². The number of aromatic hydroxyl groups is 1. The molecule has 21 heavy (non-hydrogen) atoms. The molecule has 0 spiro atoms. The quantitative estimate of drug-likeness (QED) is 0.405. The van der Waals surface area contributed by atoms with Crippen LogP contribution in [0.4, 0.5) is 0 Å². The Morgan fingerprint density at radius 3 is 2.57 bits per heavy atom. The summed E-state index contributed by atoms with van der Waals surface area (Å²) < 4.78 is 0.717. The van der Waals surface area contributed by atoms with E-state index in [-0.39, 0.29) is 18.4 Å². The van der Waals surface area contributed by atoms with E-state index < -0.39 is 23.1 Å². The lowest BCUT2D eigenvalue weighted by atomic mass is 10.0. The van der Waals surface area contributed by atoms with Crippen LogP contribution in [-0.2, 0) is 9.22 Å². The number of aliphatic carboxylic acids is 1. The summed E-state index contributed by atoms with van der Waals surface area (Å²) in [7, 11) is 0. The maximum atomic E-state index is 11.9. The summed E-state index contributed by atoms with van der Waals surface area (Å²) in [5.74, 6) is -2.21. The molecule has 0 radical (unpaired) electrons. The molecule has 0 bridgehead atoms. The average Bonchev–Trinajstić information content (AvgIpc) is 2.44. The Balaban J connectivity index is 2.55. The first-order valence-electron chi connectivity index (χ1n) is 6.13. The van der Waals surface area contributed by atoms with Crippen LogP contribution in [0, 0.1) is 0 Å². The number of hydrogen-bond acceptors (Lipinski definition) is 4. The first kappa shape index (κ1) is 15.5. The molecule has 1 aromatic heterocycles. The van der Waals surface area contributed by atoms with Gasteiger partial charge in [-0.25, -0.2) is 0 Å². The fraction of sp³-hybridized carbons (Fsp3) is 0.214. The Labute approximate surface area is 132 Å². The highest BCUT2D eigenvalue weighted by Gasteiger charge is 2.19. The van der Waals surface area contributed by atoms with Gasteiger partial charge < -0.3 is 15.2 Å². The number of ketones is 1. The molecule has 0 unspecified atom stereocenters. The van der Waals surface area contributed by atoms with E-state index in [1.165, 1.54) is 0 Å². The van der Waals surface area contributed by atoms with Crippen LogP contribution < -0.4 is 5.56 Å². The smallest absolute Gasteiger partial charge is 0.303 e. The molecule has 0 aliphatic rings. The number of Topliss-reactive ketones (excluding diaryl/α,β-unsaturated/α-hetero) is 1. The molecule has 0 saturated heterocycles. The van der Waals surface area contributed by atoms with Gasteiger partial charge in [0, 0.05) is 16.2 Å². The number of carbonyl (C=O) groups excluding carboxylic acids is 1. The summed E-state index contributed by atoms with van der Waals surface area (Å²) in [6.07, 6.45) is -0.715. The third kappa shape index (κ3) is 3.23. The number of carboxylic acids is 1. The molecule has 1 heterocycles. The van der Waals surface area contributed by atoms with Crippen LogP contribution in [0.3, 0.4) is 0 Å². The summed E-state index contributed by atoms with van der Waals surface area (Å²) in [5.41, 5.74) is 0.280. The van der Waals surface area contributed by atoms with Crippen LogP contribution in [0.1, 0.15) is 28.8 Å². The number of pyridine rings is 1. The van der Waals surface area contributed by atoms with Crippen molar-refractivity contribution in [3.05, 3.63) is 39.7 Å². The van der Waals surface area contributed by atoms with Gasteiger partial charge in [0.15, 0.2) is 5.78 Å². The SMILES string of the molecule is O=C(O)CCC(=O)c1c(O)c2cc(CI)ccc2[nH]c1=O. The van der Waals surface area contributed by atoms with Crippen molar-refractivity contribution in [3.8, 4) is 5.75 Å². The molecular formula is C14H12INO5. The molecule has 2 rings (SSSR count). The fourth-order valence-corrected chi connectivity index (χ4v) is 2.49. The predicted molar refractivity (Wildman–Crippen MR) is 85.2 cm³/mol. The molecule has 6 nitrogen and oxygen atoms in total. The maximum Gasteiger partial charge on any atom is 0.303 e. The maximum absolute atomic E-state index is 11.9. The lowest BCUT2D eigenvalue weighted by Gasteiger charge is -2.07. The number of halogens is 1. The van der Waals surface area contributed by atoms with Crippen LogP contribution in [0.15, 0.2) is 23.0 Å². The number of carbonyl (C=O) groups is 2. The summed E-state index contributed by atoms with van der Waals surface area (Å²) in [6, 6.07) is 5.17. The van der Waals surface area contributed by atoms with Gasteiger partial charge in [0.2, 0.25) is 0 Å². The molecule has 7 heteroatoms. The highest BCUT2D eigenvalue weighted by molar-refractivity contribution is 14.1. The highest BCUT2D eigenvalue weighted by Crippen LogP contribution is 2.27. The van der Waals surface area contributed by atoms with Crippen LogP contribution in [-0.4, -0.2) is 26.9 Å². The van der Waals surface area contributed by atoms with E-state index in [0.717, 1.165) is 5.56 Å². The van der Waals surface area contributed by atoms with E-state index in [9.17, 15) is 19.5 Å². The predicted octanol–water partition coefficient (Wildman–Crippen LogP) is 2.22. The Morgan fingerprint density at radius 1 is 1.24 bits per heavy atom. The topological polar surface area (TPSA) is 107 Å². The largest absolute Gasteiger partial charge is 0.506 e. The number of hydrogen-bond donors (Lipinski definition) is 3. The minimum absolute atomic E-state index is 0.330. The summed E-state index contributed by atoms with van der Waals surface area (Å²) in [5, 5.41) is 19.2. The van der Waals surface area contributed by atoms with Gasteiger partial charge in [-0.05, 0) is 17.7 Å². The number of fused-ring (bicyclic) bond motifs is 1. The van der Waals surface area contributed by atoms with E-state index in [0.29, 0.717) is 15.3 Å². The van der Waals surface area contributed by atoms with Crippen LogP contribution in [0.2, 0.25) is 0 Å². The van der Waals surface area contributed by atoms with Crippen molar-refractivity contribution in [2.45, 2.75) is 17.3 Å². The van der Waals surface area contributed by atoms with Crippen molar-refractivity contribution in [3.63, 3.8) is 0 Å². The molecule has 0 fully saturated rings. The normalized spacial score (nSPS) is 10.7. The molecular weight excluding hydrogens is 389 g/mol. The van der Waals surface area contributed by atoms with E-state index >= 15 is 0 Å². The molecule has 2 aromatic rings. The second-order valence-corrected chi connectivity index (χ2v) is 5.27. The van der Waals surface area contributed by atoms with E-state index in [1.54, 1.807) is 12.1 Å². The minimum Gasteiger partial charge on any atom is -0.506 e. The summed E-state index contributed by atoms with van der Waals surface area (Å²) >= 11 is 2.16. The zero-order chi connectivity index (χ0) is 15.6. The fourth-order valence-electron chi connectivity index (χ4n) is 2.01. The molecule has 0 aliphatic heterocycles. The Hall–Kier alpha value is -1.90. The van der Waals surface area contributed by atoms with Gasteiger partial charge in [-0.1, -0.05) is 28.7 Å². The third-order valence-electron chi connectivity index (χ3n) is 3.05. The second kappa shape index (κ2) is 6.25. The van der Waals surface area contributed by atoms with Gasteiger partial charge >= 0.3 is 5.97 Å². The molecule has 0 amide bonds. The number of aromatic nitrogens is 1. The third-order valence-corrected chi connectivity index (χ3v) is 3.93. The number of alkyl halides is 1. The van der Waals surface area contributed by atoms with Gasteiger partial charge in [0.1, 0.15) is 11.3 Å². The van der Waals surface area contributed by atoms with Crippen molar-refractivity contribution >= 4 is 45.2 Å². The van der Waals surface area contributed by atoms with E-state index in [4.69, 9.17) is 5.11 Å². The van der Waals surface area contributed by atoms with Crippen molar-refractivity contribution in [1.82, 2.24) is 4.98 Å². The first-order chi connectivity index (χ1) is 9.93. The number of H-pyrrole nitrogens is 1. The van der Waals surface area contributed by atoms with Crippen molar-refractivity contribution in [2.75, 3.05) is 0 Å². The molecule has 0 aliphatic carbocycles. The van der Waals surface area contributed by atoms with Crippen molar-refractivity contribution in [1.29, 1.82) is 0 Å². The first-order valence-corrected chi connectivity index (χ1v) is 7.65. The molecule has 0 atom stereocenters. The average molecular weight is 401 g/mol. The molecule has 110 valence electrons. The van der Waals surface area contributed by atoms with E-state index in [2.05, 4.69) is 27.6 Å². The molecule has 3 N–H and O–H groups in total. The lowest BCUT2D eigenvalue weighted by Crippen LogP contribution is -2.18. The number of benzene rings is 1. The summed E-state index contributed by atoms with van der Waals surface area (Å²) in [6.45, 7) is 0. The number of carboxylic acid groups (broad SMARTS) is 1. The van der Waals surface area contributed by atoms with Crippen molar-refractivity contribution in [2.24, 2.45) is 0 Å². The standard InChI is InChI=1S/C14H12INO5/c15-6-7-1-2-9-8(5-7)13(20)12(14(21)16-9)10(17)3-4-11(18)19/h1-2,5H,3-4,6H2,(H,18,19)(H2,16,20,21). The molecule has 1 aromatic carbocycles. The number of rotatable bonds is 5. The zero-order valence-electron chi connectivity index (χ0n) is 10.9. The van der Waals surface area contributed by atoms with Gasteiger partial charge in [-0.2, -0.15) is 0 Å². The van der Waals surface area contributed by atoms with Crippen LogP contribution in [0.25, 0.3) is 10.9 Å². The minimum atomic E-state index is -1.13. The van der Waals surface area contributed by atoms with Crippen LogP contribution >= 0.6 is 22.6 Å². The Morgan fingerprint density at radius 2 is 1.95 bits per heavy atom. The highest BCUT2D eigenvalue weighted by atomic mass is 127. The zero-order valence-corrected chi connectivity index (χ0v) is 13.0. The Bertz CT molecular complexity index is 781. The van der Waals surface area contributed by atoms with E-state index in [1.807, 2.05) is 6.07 Å². The summed E-state index contributed by atoms with van der Waals surface area (Å²) in [4.78, 5) is 36.9. The van der Waals surface area contributed by atoms with Crippen LogP contribution in [0.5, 0.6) is 5.75 Å².